The highest BCUT2D eigenvalue weighted by molar-refractivity contribution is 9.10. The maximum absolute atomic E-state index is 12.3. The standard InChI is InChI=1S/C15H10BrN5O6/c16-10-8-19(18-14(10)21(25)26)7-9-5-6-13(27-9)15(22)17-11-3-1-2-4-12(11)20(23)24/h1-6,8H,7H2,(H,17,22). The van der Waals surface area contributed by atoms with Gasteiger partial charge in [0.25, 0.3) is 11.6 Å². The molecule has 2 aromatic heterocycles. The molecule has 0 spiro atoms. The lowest BCUT2D eigenvalue weighted by Crippen LogP contribution is -2.12. The van der Waals surface area contributed by atoms with Gasteiger partial charge in [0.15, 0.2) is 5.76 Å². The number of aromatic nitrogens is 2. The summed E-state index contributed by atoms with van der Waals surface area (Å²) in [7, 11) is 0. The highest BCUT2D eigenvalue weighted by atomic mass is 79.9. The van der Waals surface area contributed by atoms with Crippen molar-refractivity contribution in [3.63, 3.8) is 0 Å². The molecule has 138 valence electrons. The molecule has 1 N–H and O–H groups in total. The molecule has 0 aliphatic carbocycles. The number of nitrogens with one attached hydrogen (secondary N) is 1. The van der Waals surface area contributed by atoms with E-state index in [1.807, 2.05) is 0 Å². The SMILES string of the molecule is O=C(Nc1ccccc1[N+](=O)[O-])c1ccc(Cn2cc(Br)c([N+](=O)[O-])n2)o1. The van der Waals surface area contributed by atoms with Gasteiger partial charge in [0.1, 0.15) is 22.5 Å². The molecule has 11 nitrogen and oxygen atoms in total. The molecule has 0 bridgehead atoms. The fourth-order valence-corrected chi connectivity index (χ4v) is 2.72. The third-order valence-electron chi connectivity index (χ3n) is 3.42. The highest BCUT2D eigenvalue weighted by Gasteiger charge is 2.21. The van der Waals surface area contributed by atoms with Gasteiger partial charge in [-0.05, 0) is 39.1 Å². The molecule has 0 fully saturated rings. The van der Waals surface area contributed by atoms with Crippen LogP contribution < -0.4 is 5.32 Å². The van der Waals surface area contributed by atoms with Crippen LogP contribution >= 0.6 is 15.9 Å². The van der Waals surface area contributed by atoms with Gasteiger partial charge in [-0.2, -0.15) is 4.68 Å². The van der Waals surface area contributed by atoms with E-state index in [2.05, 4.69) is 26.3 Å². The number of carbonyl (C=O) groups is 1. The molecule has 0 saturated carbocycles. The number of rotatable bonds is 6. The number of nitro groups is 2. The van der Waals surface area contributed by atoms with Crippen LogP contribution in [0.4, 0.5) is 17.2 Å². The van der Waals surface area contributed by atoms with Crippen LogP contribution in [-0.4, -0.2) is 25.5 Å². The van der Waals surface area contributed by atoms with Crippen molar-refractivity contribution in [2.45, 2.75) is 6.54 Å². The first-order valence-corrected chi connectivity index (χ1v) is 8.15. The predicted molar refractivity (Wildman–Crippen MR) is 95.4 cm³/mol. The van der Waals surface area contributed by atoms with Crippen molar-refractivity contribution in [2.24, 2.45) is 0 Å². The smallest absolute Gasteiger partial charge is 0.404 e. The van der Waals surface area contributed by atoms with E-state index in [9.17, 15) is 25.0 Å². The van der Waals surface area contributed by atoms with Crippen LogP contribution in [0.15, 0.2) is 51.5 Å². The van der Waals surface area contributed by atoms with E-state index in [0.29, 0.717) is 5.76 Å². The van der Waals surface area contributed by atoms with E-state index in [1.165, 1.54) is 41.2 Å². The van der Waals surface area contributed by atoms with Gasteiger partial charge in [0.2, 0.25) is 0 Å². The Morgan fingerprint density at radius 2 is 1.93 bits per heavy atom. The summed E-state index contributed by atoms with van der Waals surface area (Å²) in [5.41, 5.74) is -0.205. The Morgan fingerprint density at radius 1 is 1.19 bits per heavy atom. The summed E-state index contributed by atoms with van der Waals surface area (Å²) in [5.74, 6) is -0.740. The number of anilines is 1. The Kier molecular flexibility index (Phi) is 4.98. The van der Waals surface area contributed by atoms with Crippen LogP contribution in [0.25, 0.3) is 0 Å². The number of halogens is 1. The van der Waals surface area contributed by atoms with Crippen LogP contribution in [0.1, 0.15) is 16.3 Å². The normalized spacial score (nSPS) is 10.6. The lowest BCUT2D eigenvalue weighted by molar-refractivity contribution is -0.390. The van der Waals surface area contributed by atoms with Gasteiger partial charge in [-0.25, -0.2) is 0 Å². The molecule has 0 radical (unpaired) electrons. The zero-order valence-electron chi connectivity index (χ0n) is 13.4. The summed E-state index contributed by atoms with van der Waals surface area (Å²) in [6.45, 7) is 0.0607. The summed E-state index contributed by atoms with van der Waals surface area (Å²) in [5, 5.41) is 28.0. The second-order valence-corrected chi connectivity index (χ2v) is 6.10. The monoisotopic (exact) mass is 435 g/mol. The number of carbonyl (C=O) groups excluding carboxylic acids is 1. The maximum Gasteiger partial charge on any atom is 0.404 e. The van der Waals surface area contributed by atoms with E-state index in [1.54, 1.807) is 6.07 Å². The average molecular weight is 436 g/mol. The largest absolute Gasteiger partial charge is 0.454 e. The minimum Gasteiger partial charge on any atom is -0.454 e. The second-order valence-electron chi connectivity index (χ2n) is 5.25. The number of furan rings is 1. The zero-order chi connectivity index (χ0) is 19.6. The molecule has 27 heavy (non-hydrogen) atoms. The molecule has 0 atom stereocenters. The van der Waals surface area contributed by atoms with Crippen molar-refractivity contribution in [1.29, 1.82) is 0 Å². The molecule has 3 aromatic rings. The number of benzene rings is 1. The van der Waals surface area contributed by atoms with Crippen molar-refractivity contribution in [1.82, 2.24) is 9.78 Å². The topological polar surface area (TPSA) is 146 Å². The van der Waals surface area contributed by atoms with Crippen molar-refractivity contribution in [3.8, 4) is 0 Å². The third kappa shape index (κ3) is 4.00. The molecule has 0 saturated heterocycles. The first kappa shape index (κ1) is 18.3. The van der Waals surface area contributed by atoms with Crippen LogP contribution in [0.2, 0.25) is 0 Å². The van der Waals surface area contributed by atoms with Gasteiger partial charge in [-0.15, -0.1) is 0 Å². The van der Waals surface area contributed by atoms with E-state index in [0.717, 1.165) is 0 Å². The van der Waals surface area contributed by atoms with E-state index >= 15 is 0 Å². The maximum atomic E-state index is 12.3. The zero-order valence-corrected chi connectivity index (χ0v) is 15.0. The van der Waals surface area contributed by atoms with Gasteiger partial charge in [-0.1, -0.05) is 12.1 Å². The van der Waals surface area contributed by atoms with Crippen molar-refractivity contribution in [3.05, 3.63) is 78.8 Å². The number of hydrogen-bond acceptors (Lipinski definition) is 7. The molecule has 0 aliphatic heterocycles. The van der Waals surface area contributed by atoms with E-state index in [4.69, 9.17) is 4.42 Å². The van der Waals surface area contributed by atoms with Crippen LogP contribution in [-0.2, 0) is 6.54 Å². The molecule has 1 amide bonds. The van der Waals surface area contributed by atoms with E-state index < -0.39 is 15.8 Å². The second kappa shape index (κ2) is 7.37. The number of nitro benzene ring substituents is 1. The van der Waals surface area contributed by atoms with Crippen molar-refractivity contribution >= 4 is 39.0 Å². The summed E-state index contributed by atoms with van der Waals surface area (Å²) in [4.78, 5) is 32.8. The molecule has 1 aromatic carbocycles. The fourth-order valence-electron chi connectivity index (χ4n) is 2.26. The Bertz CT molecular complexity index is 1040. The van der Waals surface area contributed by atoms with Crippen LogP contribution in [0.5, 0.6) is 0 Å². The number of para-hydroxylation sites is 2. The first-order chi connectivity index (χ1) is 12.8. The van der Waals surface area contributed by atoms with Gasteiger partial charge in [0, 0.05) is 6.07 Å². The van der Waals surface area contributed by atoms with Gasteiger partial charge in [0.05, 0.1) is 16.2 Å². The summed E-state index contributed by atoms with van der Waals surface area (Å²) >= 11 is 3.04. The van der Waals surface area contributed by atoms with Crippen molar-refractivity contribution < 1.29 is 19.1 Å². The Hall–Kier alpha value is -3.54. The molecule has 3 rings (SSSR count). The summed E-state index contributed by atoms with van der Waals surface area (Å²) in [6, 6.07) is 8.62. The van der Waals surface area contributed by atoms with Gasteiger partial charge < -0.3 is 19.8 Å². The highest BCUT2D eigenvalue weighted by Crippen LogP contribution is 2.25. The predicted octanol–water partition coefficient (Wildman–Crippen LogP) is 3.36. The molecule has 0 unspecified atom stereocenters. The van der Waals surface area contributed by atoms with Crippen LogP contribution in [0.3, 0.4) is 0 Å². The quantitative estimate of drug-likeness (QED) is 0.460. The molecule has 12 heteroatoms. The lowest BCUT2D eigenvalue weighted by Gasteiger charge is -2.03. The Labute approximate surface area is 159 Å². The molecular formula is C15H10BrN5O6. The van der Waals surface area contributed by atoms with E-state index in [-0.39, 0.29) is 34.0 Å². The molecular weight excluding hydrogens is 426 g/mol. The number of hydrogen-bond donors (Lipinski definition) is 1. The van der Waals surface area contributed by atoms with Gasteiger partial charge in [-0.3, -0.25) is 14.9 Å². The minimum atomic E-state index is -0.664. The average Bonchev–Trinajstić information content (AvgIpc) is 3.22. The third-order valence-corrected chi connectivity index (χ3v) is 3.98. The summed E-state index contributed by atoms with van der Waals surface area (Å²) < 4.78 is 6.90. The fraction of sp³-hybridized carbons (Fsp3) is 0.0667. The number of nitrogens with zero attached hydrogens (tertiary/aromatic N) is 4. The van der Waals surface area contributed by atoms with Crippen LogP contribution in [0, 0.1) is 20.2 Å². The molecule has 0 aliphatic rings. The first-order valence-electron chi connectivity index (χ1n) is 7.36. The Balaban J connectivity index is 1.74. The van der Waals surface area contributed by atoms with Gasteiger partial charge >= 0.3 is 5.82 Å². The number of amides is 1. The lowest BCUT2D eigenvalue weighted by atomic mass is 10.2. The Morgan fingerprint density at radius 3 is 2.59 bits per heavy atom. The van der Waals surface area contributed by atoms with Crippen molar-refractivity contribution in [2.75, 3.05) is 5.32 Å². The summed E-state index contributed by atoms with van der Waals surface area (Å²) in [6.07, 6.45) is 1.41. The minimum absolute atomic E-state index is 0.0390. The molecule has 2 heterocycles.